The van der Waals surface area contributed by atoms with Gasteiger partial charge in [0, 0.05) is 12.1 Å². The van der Waals surface area contributed by atoms with Gasteiger partial charge in [-0.3, -0.25) is 0 Å². The number of rotatable bonds is 1. The van der Waals surface area contributed by atoms with E-state index in [-0.39, 0.29) is 11.9 Å². The van der Waals surface area contributed by atoms with Crippen molar-refractivity contribution in [3.63, 3.8) is 0 Å². The molecule has 0 aliphatic carbocycles. The first-order valence-corrected chi connectivity index (χ1v) is 6.82. The third kappa shape index (κ3) is 1.98. The standard InChI is InChI=1S/C15H13BrFN/c16-13-7-3-6-12(14(13)17)15-11-5-2-1-4-10(11)8-9-18-15/h1-7,15,18H,8-9H2. The van der Waals surface area contributed by atoms with E-state index in [0.29, 0.717) is 10.0 Å². The molecule has 1 atom stereocenters. The molecule has 0 spiro atoms. The van der Waals surface area contributed by atoms with E-state index in [0.717, 1.165) is 13.0 Å². The van der Waals surface area contributed by atoms with Crippen molar-refractivity contribution >= 4 is 15.9 Å². The molecule has 1 aliphatic heterocycles. The van der Waals surface area contributed by atoms with Gasteiger partial charge in [0.15, 0.2) is 0 Å². The lowest BCUT2D eigenvalue weighted by Crippen LogP contribution is -2.31. The number of hydrogen-bond acceptors (Lipinski definition) is 1. The van der Waals surface area contributed by atoms with E-state index in [9.17, 15) is 4.39 Å². The van der Waals surface area contributed by atoms with Gasteiger partial charge in [-0.05, 0) is 39.5 Å². The van der Waals surface area contributed by atoms with E-state index in [2.05, 4.69) is 33.4 Å². The Morgan fingerprint density at radius 1 is 1.06 bits per heavy atom. The van der Waals surface area contributed by atoms with Gasteiger partial charge in [-0.15, -0.1) is 0 Å². The van der Waals surface area contributed by atoms with Crippen molar-refractivity contribution in [3.05, 3.63) is 69.4 Å². The molecule has 92 valence electrons. The zero-order chi connectivity index (χ0) is 12.5. The van der Waals surface area contributed by atoms with Crippen LogP contribution in [0, 0.1) is 5.82 Å². The minimum Gasteiger partial charge on any atom is -0.306 e. The molecule has 2 aromatic rings. The molecular weight excluding hydrogens is 293 g/mol. The summed E-state index contributed by atoms with van der Waals surface area (Å²) in [6.45, 7) is 0.883. The molecule has 0 amide bonds. The number of benzene rings is 2. The smallest absolute Gasteiger partial charge is 0.142 e. The van der Waals surface area contributed by atoms with Crippen LogP contribution in [0.1, 0.15) is 22.7 Å². The Bertz CT molecular complexity index is 582. The van der Waals surface area contributed by atoms with Gasteiger partial charge >= 0.3 is 0 Å². The number of fused-ring (bicyclic) bond motifs is 1. The van der Waals surface area contributed by atoms with Crippen LogP contribution in [-0.2, 0) is 6.42 Å². The summed E-state index contributed by atoms with van der Waals surface area (Å²) in [5.41, 5.74) is 3.19. The van der Waals surface area contributed by atoms with Crippen LogP contribution in [0.2, 0.25) is 0 Å². The van der Waals surface area contributed by atoms with Crippen LogP contribution in [0.3, 0.4) is 0 Å². The van der Waals surface area contributed by atoms with Gasteiger partial charge in [-0.25, -0.2) is 4.39 Å². The van der Waals surface area contributed by atoms with Crippen LogP contribution in [0.4, 0.5) is 4.39 Å². The maximum Gasteiger partial charge on any atom is 0.142 e. The summed E-state index contributed by atoms with van der Waals surface area (Å²) in [5.74, 6) is -0.174. The predicted molar refractivity (Wildman–Crippen MR) is 74.1 cm³/mol. The molecule has 0 saturated carbocycles. The fraction of sp³-hybridized carbons (Fsp3) is 0.200. The van der Waals surface area contributed by atoms with Crippen LogP contribution in [0.25, 0.3) is 0 Å². The lowest BCUT2D eigenvalue weighted by Gasteiger charge is -2.27. The fourth-order valence-corrected chi connectivity index (χ4v) is 2.91. The van der Waals surface area contributed by atoms with Crippen molar-refractivity contribution in [2.45, 2.75) is 12.5 Å². The molecule has 3 rings (SSSR count). The van der Waals surface area contributed by atoms with Crippen molar-refractivity contribution < 1.29 is 4.39 Å². The lowest BCUT2D eigenvalue weighted by molar-refractivity contribution is 0.525. The van der Waals surface area contributed by atoms with Gasteiger partial charge in [0.25, 0.3) is 0 Å². The van der Waals surface area contributed by atoms with Crippen LogP contribution >= 0.6 is 15.9 Å². The van der Waals surface area contributed by atoms with Gasteiger partial charge in [-0.2, -0.15) is 0 Å². The molecule has 1 nitrogen and oxygen atoms in total. The predicted octanol–water partition coefficient (Wildman–Crippen LogP) is 3.82. The average Bonchev–Trinajstić information content (AvgIpc) is 2.41. The molecule has 0 fully saturated rings. The number of nitrogens with one attached hydrogen (secondary N) is 1. The summed E-state index contributed by atoms with van der Waals surface area (Å²) >= 11 is 3.25. The van der Waals surface area contributed by atoms with E-state index in [1.54, 1.807) is 6.07 Å². The molecule has 1 aliphatic rings. The summed E-state index contributed by atoms with van der Waals surface area (Å²) in [6, 6.07) is 13.7. The quantitative estimate of drug-likeness (QED) is 0.844. The average molecular weight is 306 g/mol. The summed E-state index contributed by atoms with van der Waals surface area (Å²) < 4.78 is 14.7. The first-order chi connectivity index (χ1) is 8.77. The Kier molecular flexibility index (Phi) is 3.18. The molecule has 0 radical (unpaired) electrons. The number of halogens is 2. The highest BCUT2D eigenvalue weighted by Crippen LogP contribution is 2.32. The van der Waals surface area contributed by atoms with Gasteiger partial charge in [-0.1, -0.05) is 36.4 Å². The Labute approximate surface area is 114 Å². The molecule has 0 aromatic heterocycles. The third-order valence-electron chi connectivity index (χ3n) is 3.40. The van der Waals surface area contributed by atoms with E-state index >= 15 is 0 Å². The molecule has 0 saturated heterocycles. The monoisotopic (exact) mass is 305 g/mol. The van der Waals surface area contributed by atoms with Gasteiger partial charge in [0.1, 0.15) is 5.82 Å². The zero-order valence-corrected chi connectivity index (χ0v) is 11.4. The van der Waals surface area contributed by atoms with Crippen molar-refractivity contribution in [1.29, 1.82) is 0 Å². The van der Waals surface area contributed by atoms with Crippen LogP contribution < -0.4 is 5.32 Å². The molecule has 1 heterocycles. The third-order valence-corrected chi connectivity index (χ3v) is 4.01. The first-order valence-electron chi connectivity index (χ1n) is 6.02. The Hall–Kier alpha value is -1.19. The second-order valence-corrected chi connectivity index (χ2v) is 5.33. The van der Waals surface area contributed by atoms with Gasteiger partial charge < -0.3 is 5.32 Å². The van der Waals surface area contributed by atoms with Crippen LogP contribution in [-0.4, -0.2) is 6.54 Å². The number of hydrogen-bond donors (Lipinski definition) is 1. The normalized spacial score (nSPS) is 18.4. The van der Waals surface area contributed by atoms with Crippen LogP contribution in [0.5, 0.6) is 0 Å². The largest absolute Gasteiger partial charge is 0.306 e. The molecule has 1 unspecified atom stereocenters. The highest BCUT2D eigenvalue weighted by Gasteiger charge is 2.23. The summed E-state index contributed by atoms with van der Waals surface area (Å²) in [6.07, 6.45) is 1.00. The molecule has 0 bridgehead atoms. The van der Waals surface area contributed by atoms with E-state index in [1.165, 1.54) is 11.1 Å². The molecule has 2 aromatic carbocycles. The second kappa shape index (κ2) is 4.82. The van der Waals surface area contributed by atoms with E-state index in [1.807, 2.05) is 24.3 Å². The van der Waals surface area contributed by atoms with Crippen molar-refractivity contribution in [2.75, 3.05) is 6.54 Å². The summed E-state index contributed by atoms with van der Waals surface area (Å²) in [7, 11) is 0. The summed E-state index contributed by atoms with van der Waals surface area (Å²) in [5, 5.41) is 3.40. The van der Waals surface area contributed by atoms with Gasteiger partial charge in [0.2, 0.25) is 0 Å². The molecule has 18 heavy (non-hydrogen) atoms. The Morgan fingerprint density at radius 3 is 2.72 bits per heavy atom. The van der Waals surface area contributed by atoms with E-state index in [4.69, 9.17) is 0 Å². The van der Waals surface area contributed by atoms with Crippen molar-refractivity contribution in [3.8, 4) is 0 Å². The van der Waals surface area contributed by atoms with E-state index < -0.39 is 0 Å². The lowest BCUT2D eigenvalue weighted by atomic mass is 9.90. The zero-order valence-electron chi connectivity index (χ0n) is 9.79. The first kappa shape index (κ1) is 11.9. The highest BCUT2D eigenvalue weighted by atomic mass is 79.9. The van der Waals surface area contributed by atoms with Crippen molar-refractivity contribution in [1.82, 2.24) is 5.32 Å². The van der Waals surface area contributed by atoms with Gasteiger partial charge in [0.05, 0.1) is 10.5 Å². The SMILES string of the molecule is Fc1c(Br)cccc1C1NCCc2ccccc21. The Morgan fingerprint density at radius 2 is 1.83 bits per heavy atom. The highest BCUT2D eigenvalue weighted by molar-refractivity contribution is 9.10. The Balaban J connectivity index is 2.11. The molecule has 3 heteroatoms. The fourth-order valence-electron chi connectivity index (χ4n) is 2.53. The maximum atomic E-state index is 14.2. The topological polar surface area (TPSA) is 12.0 Å². The maximum absolute atomic E-state index is 14.2. The van der Waals surface area contributed by atoms with Crippen LogP contribution in [0.15, 0.2) is 46.9 Å². The molecule has 1 N–H and O–H groups in total. The minimum absolute atomic E-state index is 0.0487. The second-order valence-electron chi connectivity index (χ2n) is 4.48. The molecular formula is C15H13BrFN. The minimum atomic E-state index is -0.174. The van der Waals surface area contributed by atoms with Crippen molar-refractivity contribution in [2.24, 2.45) is 0 Å². The summed E-state index contributed by atoms with van der Waals surface area (Å²) in [4.78, 5) is 0.